The van der Waals surface area contributed by atoms with E-state index in [9.17, 15) is 13.2 Å². The highest BCUT2D eigenvalue weighted by atomic mass is 35.5. The smallest absolute Gasteiger partial charge is 0.410 e. The van der Waals surface area contributed by atoms with Crippen LogP contribution < -0.4 is 4.74 Å². The lowest BCUT2D eigenvalue weighted by Crippen LogP contribution is -2.35. The van der Waals surface area contributed by atoms with E-state index >= 15 is 0 Å². The molecular formula is C20H30ClNO5S. The second kappa shape index (κ2) is 11.0. The van der Waals surface area contributed by atoms with Crippen LogP contribution in [-0.2, 0) is 14.3 Å². The van der Waals surface area contributed by atoms with Gasteiger partial charge in [0.25, 0.3) is 10.1 Å². The molecule has 2 rings (SSSR count). The van der Waals surface area contributed by atoms with Crippen molar-refractivity contribution < 1.29 is 22.1 Å². The predicted molar refractivity (Wildman–Crippen MR) is 110 cm³/mol. The van der Waals surface area contributed by atoms with Crippen LogP contribution in [0.25, 0.3) is 0 Å². The minimum absolute atomic E-state index is 0.273. The van der Waals surface area contributed by atoms with Gasteiger partial charge in [0, 0.05) is 18.6 Å². The summed E-state index contributed by atoms with van der Waals surface area (Å²) in [5, 5.41) is 0.604. The number of nitrogens with zero attached hydrogens (tertiary/aromatic N) is 1. The number of carbonyl (C=O) groups is 1. The molecule has 0 unspecified atom stereocenters. The minimum atomic E-state index is -3.33. The van der Waals surface area contributed by atoms with Gasteiger partial charge in [-0.2, -0.15) is 8.42 Å². The fraction of sp³-hybridized carbons (Fsp3) is 0.650. The van der Waals surface area contributed by atoms with Crippen LogP contribution in [0.1, 0.15) is 44.9 Å². The van der Waals surface area contributed by atoms with Crippen LogP contribution in [0.5, 0.6) is 5.75 Å². The van der Waals surface area contributed by atoms with Crippen LogP contribution in [0.3, 0.4) is 0 Å². The lowest BCUT2D eigenvalue weighted by atomic mass is 9.79. The Hall–Kier alpha value is -1.31. The van der Waals surface area contributed by atoms with Crippen LogP contribution in [0.2, 0.25) is 5.02 Å². The molecule has 6 nitrogen and oxygen atoms in total. The molecule has 0 radical (unpaired) electrons. The van der Waals surface area contributed by atoms with E-state index in [-0.39, 0.29) is 12.7 Å². The Bertz CT molecular complexity index is 715. The van der Waals surface area contributed by atoms with E-state index in [2.05, 4.69) is 0 Å². The largest absolute Gasteiger partial charge is 0.414 e. The summed E-state index contributed by atoms with van der Waals surface area (Å²) in [7, 11) is -1.56. The Kier molecular flexibility index (Phi) is 9.05. The fourth-order valence-corrected chi connectivity index (χ4v) is 4.14. The first-order valence-electron chi connectivity index (χ1n) is 9.76. The highest BCUT2D eigenvalue weighted by Gasteiger charge is 2.24. The fourth-order valence-electron chi connectivity index (χ4n) is 3.59. The standard InChI is InChI=1S/C20H30ClNO5S/c1-22(20(23)27-19-12-10-18(21)11-13-19)15-17-8-6-16(7-9-17)5-3-4-14-26-28(2,24)25/h10-13,16-17H,3-9,14-15H2,1-2H3/t16-,17-. The quantitative estimate of drug-likeness (QED) is 0.417. The highest BCUT2D eigenvalue weighted by molar-refractivity contribution is 7.85. The van der Waals surface area contributed by atoms with Crippen LogP contribution in [0.15, 0.2) is 24.3 Å². The predicted octanol–water partition coefficient (Wildman–Crippen LogP) is 4.72. The monoisotopic (exact) mass is 431 g/mol. The van der Waals surface area contributed by atoms with Crippen molar-refractivity contribution in [2.24, 2.45) is 11.8 Å². The van der Waals surface area contributed by atoms with Crippen molar-refractivity contribution in [1.29, 1.82) is 0 Å². The number of rotatable bonds is 9. The summed E-state index contributed by atoms with van der Waals surface area (Å²) in [5.74, 6) is 1.67. The molecule has 158 valence electrons. The maximum Gasteiger partial charge on any atom is 0.414 e. The summed E-state index contributed by atoms with van der Waals surface area (Å²) in [4.78, 5) is 13.9. The third kappa shape index (κ3) is 8.80. The summed E-state index contributed by atoms with van der Waals surface area (Å²) in [6.07, 6.45) is 8.09. The van der Waals surface area contributed by atoms with E-state index in [4.69, 9.17) is 20.5 Å². The first kappa shape index (κ1) is 23.0. The zero-order valence-corrected chi connectivity index (χ0v) is 18.2. The zero-order valence-electron chi connectivity index (χ0n) is 16.6. The van der Waals surface area contributed by atoms with Gasteiger partial charge in [0.05, 0.1) is 12.9 Å². The van der Waals surface area contributed by atoms with Crippen LogP contribution in [0, 0.1) is 11.8 Å². The molecule has 1 aliphatic rings. The maximum absolute atomic E-state index is 12.2. The van der Waals surface area contributed by atoms with Crippen LogP contribution in [0.4, 0.5) is 4.79 Å². The third-order valence-corrected chi connectivity index (χ3v) is 5.98. The van der Waals surface area contributed by atoms with Crippen molar-refractivity contribution in [1.82, 2.24) is 4.90 Å². The van der Waals surface area contributed by atoms with E-state index in [1.807, 2.05) is 0 Å². The molecule has 0 heterocycles. The summed E-state index contributed by atoms with van der Waals surface area (Å²) in [6.45, 7) is 0.968. The summed E-state index contributed by atoms with van der Waals surface area (Å²) < 4.78 is 32.0. The van der Waals surface area contributed by atoms with Gasteiger partial charge in [-0.15, -0.1) is 0 Å². The minimum Gasteiger partial charge on any atom is -0.410 e. The van der Waals surface area contributed by atoms with E-state index in [0.29, 0.717) is 29.2 Å². The Morgan fingerprint density at radius 3 is 2.32 bits per heavy atom. The molecule has 8 heteroatoms. The Morgan fingerprint density at radius 1 is 1.11 bits per heavy atom. The van der Waals surface area contributed by atoms with Gasteiger partial charge < -0.3 is 9.64 Å². The Balaban J connectivity index is 1.62. The number of halogens is 1. The van der Waals surface area contributed by atoms with E-state index in [1.165, 1.54) is 0 Å². The number of benzene rings is 1. The number of carbonyl (C=O) groups excluding carboxylic acids is 1. The molecule has 1 aromatic rings. The summed E-state index contributed by atoms with van der Waals surface area (Å²) in [6, 6.07) is 6.75. The van der Waals surface area contributed by atoms with Gasteiger partial charge in [0.15, 0.2) is 0 Å². The Labute approximate surface area is 173 Å². The van der Waals surface area contributed by atoms with Gasteiger partial charge in [0.1, 0.15) is 5.75 Å². The number of ether oxygens (including phenoxy) is 1. The van der Waals surface area contributed by atoms with Gasteiger partial charge >= 0.3 is 6.09 Å². The van der Waals surface area contributed by atoms with Crippen LogP contribution >= 0.6 is 11.6 Å². The molecule has 0 aliphatic heterocycles. The SMILES string of the molecule is CN(C[C@H]1CC[C@H](CCCCOS(C)(=O)=O)CC1)C(=O)Oc1ccc(Cl)cc1. The van der Waals surface area contributed by atoms with Crippen molar-refractivity contribution in [2.45, 2.75) is 44.9 Å². The van der Waals surface area contributed by atoms with E-state index in [0.717, 1.165) is 51.2 Å². The number of amides is 1. The highest BCUT2D eigenvalue weighted by Crippen LogP contribution is 2.32. The summed E-state index contributed by atoms with van der Waals surface area (Å²) in [5.41, 5.74) is 0. The lowest BCUT2D eigenvalue weighted by molar-refractivity contribution is 0.144. The molecule has 28 heavy (non-hydrogen) atoms. The molecule has 0 bridgehead atoms. The first-order chi connectivity index (χ1) is 13.2. The second-order valence-corrected chi connectivity index (χ2v) is 9.69. The Morgan fingerprint density at radius 2 is 1.71 bits per heavy atom. The van der Waals surface area contributed by atoms with Crippen molar-refractivity contribution in [2.75, 3.05) is 26.5 Å². The molecule has 0 spiro atoms. The molecule has 1 aromatic carbocycles. The van der Waals surface area contributed by atoms with Gasteiger partial charge in [-0.25, -0.2) is 4.79 Å². The molecule has 0 saturated heterocycles. The van der Waals surface area contributed by atoms with Crippen LogP contribution in [-0.4, -0.2) is 45.9 Å². The van der Waals surface area contributed by atoms with Crippen molar-refractivity contribution in [3.8, 4) is 5.75 Å². The van der Waals surface area contributed by atoms with Crippen molar-refractivity contribution in [3.05, 3.63) is 29.3 Å². The average Bonchev–Trinajstić information content (AvgIpc) is 2.63. The normalized spacial score (nSPS) is 20.0. The molecule has 1 aliphatic carbocycles. The molecular weight excluding hydrogens is 402 g/mol. The third-order valence-electron chi connectivity index (χ3n) is 5.13. The van der Waals surface area contributed by atoms with Gasteiger partial charge in [-0.3, -0.25) is 4.18 Å². The average molecular weight is 432 g/mol. The molecule has 1 saturated carbocycles. The summed E-state index contributed by atoms with van der Waals surface area (Å²) >= 11 is 5.84. The zero-order chi connectivity index (χ0) is 20.6. The van der Waals surface area contributed by atoms with E-state index < -0.39 is 10.1 Å². The number of hydrogen-bond acceptors (Lipinski definition) is 5. The molecule has 1 fully saturated rings. The molecule has 0 N–H and O–H groups in total. The van der Waals surface area contributed by atoms with E-state index in [1.54, 1.807) is 36.2 Å². The second-order valence-electron chi connectivity index (χ2n) is 7.61. The van der Waals surface area contributed by atoms with Gasteiger partial charge in [-0.1, -0.05) is 37.3 Å². The first-order valence-corrected chi connectivity index (χ1v) is 12.0. The van der Waals surface area contributed by atoms with Crippen molar-refractivity contribution >= 4 is 27.8 Å². The lowest BCUT2D eigenvalue weighted by Gasteiger charge is -2.31. The maximum atomic E-state index is 12.2. The number of unbranched alkanes of at least 4 members (excludes halogenated alkanes) is 1. The van der Waals surface area contributed by atoms with Gasteiger partial charge in [0.2, 0.25) is 0 Å². The van der Waals surface area contributed by atoms with Gasteiger partial charge in [-0.05, 0) is 55.4 Å². The number of hydrogen-bond donors (Lipinski definition) is 0. The van der Waals surface area contributed by atoms with Crippen molar-refractivity contribution in [3.63, 3.8) is 0 Å². The molecule has 0 atom stereocenters. The molecule has 1 amide bonds. The molecule has 0 aromatic heterocycles. The topological polar surface area (TPSA) is 72.9 Å².